The van der Waals surface area contributed by atoms with Gasteiger partial charge in [0.25, 0.3) is 0 Å². The summed E-state index contributed by atoms with van der Waals surface area (Å²) in [6, 6.07) is 0. The molecule has 0 amide bonds. The van der Waals surface area contributed by atoms with Gasteiger partial charge in [-0.2, -0.15) is 0 Å². The average molecular weight is 245 g/mol. The van der Waals surface area contributed by atoms with E-state index in [2.05, 4.69) is 0 Å². The summed E-state index contributed by atoms with van der Waals surface area (Å²) in [5.41, 5.74) is 0. The fraction of sp³-hybridized carbons (Fsp3) is 0. The normalized spacial score (nSPS) is 9.50. The summed E-state index contributed by atoms with van der Waals surface area (Å²) in [5.74, 6) is 0. The molecule has 0 rings (SSSR count). The van der Waals surface area contributed by atoms with Crippen LogP contribution in [0, 0.1) is 0 Å². The van der Waals surface area contributed by atoms with Crippen LogP contribution < -0.4 is 0 Å². The van der Waals surface area contributed by atoms with Gasteiger partial charge >= 0.3 is 53.1 Å². The van der Waals surface area contributed by atoms with E-state index in [4.69, 9.17) is 15.7 Å². The van der Waals surface area contributed by atoms with Crippen molar-refractivity contribution >= 4 is 24.4 Å². The second-order valence-corrected chi connectivity index (χ2v) is 1.63. The first-order valence-electron chi connectivity index (χ1n) is 0.632. The number of rotatable bonds is 0. The molecule has 0 bridgehead atoms. The standard InChI is InChI=1S/Mn.H2O.3O.Sb.3H/h;1H2;;;;;;;/q+1;;;;;;;;/p-1. The molecule has 4 nitrogen and oxygen atoms in total. The van der Waals surface area contributed by atoms with Gasteiger partial charge in [0.15, 0.2) is 0 Å². The summed E-state index contributed by atoms with van der Waals surface area (Å²) in [4.78, 5) is 0. The Kier molecular flexibility index (Phi) is 4.60. The Bertz CT molecular complexity index is 129. The van der Waals surface area contributed by atoms with Crippen molar-refractivity contribution in [2.45, 2.75) is 0 Å². The van der Waals surface area contributed by atoms with E-state index in [1.165, 1.54) is 0 Å². The molecule has 0 heterocycles. The Morgan fingerprint density at radius 2 is 1.17 bits per heavy atom. The third-order valence-corrected chi connectivity index (χ3v) is 0. The maximum atomic E-state index is 8.69. The van der Waals surface area contributed by atoms with Crippen molar-refractivity contribution in [1.82, 2.24) is 0 Å². The summed E-state index contributed by atoms with van der Waals surface area (Å²) in [5, 5.41) is 0. The molecule has 1 N–H and O–H groups in total. The zero-order chi connectivity index (χ0) is 4.50. The van der Waals surface area contributed by atoms with Crippen LogP contribution in [0.2, 0.25) is 0 Å². The van der Waals surface area contributed by atoms with Crippen molar-refractivity contribution in [2.24, 2.45) is 0 Å². The Hall–Kier alpha value is 0.698. The molecule has 0 atom stereocenters. The van der Waals surface area contributed by atoms with Gasteiger partial charge in [-0.3, -0.25) is 0 Å². The van der Waals surface area contributed by atoms with Crippen molar-refractivity contribution in [2.75, 3.05) is 0 Å². The zero-order valence-corrected chi connectivity index (χ0v) is 7.97. The Balaban J connectivity index is 0. The molecular weight excluding hydrogens is 241 g/mol. The first-order chi connectivity index (χ1) is 2.00. The monoisotopic (exact) mass is 244 g/mol. The van der Waals surface area contributed by atoms with Crippen molar-refractivity contribution < 1.29 is 28.7 Å². The van der Waals surface area contributed by atoms with Gasteiger partial charge in [-0.1, -0.05) is 0 Å². The first-order valence-corrected chi connectivity index (χ1v) is 2.61. The van der Waals surface area contributed by atoms with Gasteiger partial charge in [-0.15, -0.1) is 0 Å². The molecule has 6 heavy (non-hydrogen) atoms. The fourth-order valence-electron chi connectivity index (χ4n) is 0. The van der Waals surface area contributed by atoms with Crippen LogP contribution in [0.3, 0.4) is 0 Å². The molecule has 0 saturated heterocycles. The third-order valence-electron chi connectivity index (χ3n) is 0. The Morgan fingerprint density at radius 3 is 1.17 bits per heavy atom. The zero-order valence-electron chi connectivity index (χ0n) is 2.76. The topological polar surface area (TPSA) is 71.4 Å². The van der Waals surface area contributed by atoms with Crippen LogP contribution in [0.15, 0.2) is 0 Å². The van der Waals surface area contributed by atoms with Gasteiger partial charge < -0.3 is 0 Å². The molecule has 0 spiro atoms. The summed E-state index contributed by atoms with van der Waals surface area (Å²) < 4.78 is 33.1. The molecule has 6 heteroatoms. The number of hydrogen-bond acceptors (Lipinski definition) is 3. The molecule has 0 saturated carbocycles. The quantitative estimate of drug-likeness (QED) is 0.496. The van der Waals surface area contributed by atoms with Crippen molar-refractivity contribution in [1.29, 1.82) is 0 Å². The van der Waals surface area contributed by atoms with Crippen LogP contribution in [0.4, 0.5) is 0 Å². The van der Waals surface area contributed by atoms with E-state index in [1.54, 1.807) is 0 Å². The molecule has 0 aromatic rings. The molecule has 0 aliphatic heterocycles. The van der Waals surface area contributed by atoms with Crippen LogP contribution in [0.1, 0.15) is 0 Å². The SMILES string of the molecule is [O]=[Mn](=[O])(=[O])[OH].[SbH3]. The summed E-state index contributed by atoms with van der Waals surface area (Å²) in [7, 11) is 0. The second-order valence-electron chi connectivity index (χ2n) is 0.396. The van der Waals surface area contributed by atoms with E-state index in [0.29, 0.717) is 0 Å². The molecule has 0 radical (unpaired) electrons. The fourth-order valence-corrected chi connectivity index (χ4v) is 0. The molecule has 0 aromatic carbocycles. The van der Waals surface area contributed by atoms with E-state index in [9.17, 15) is 0 Å². The van der Waals surface area contributed by atoms with Gasteiger partial charge in [-0.05, 0) is 0 Å². The molecule has 0 fully saturated rings. The second kappa shape index (κ2) is 2.80. The van der Waals surface area contributed by atoms with Gasteiger partial charge in [0.1, 0.15) is 0 Å². The molecular formula is H4MnO4Sb. The molecule has 40 valence electrons. The van der Waals surface area contributed by atoms with Crippen LogP contribution in [0.5, 0.6) is 0 Å². The summed E-state index contributed by atoms with van der Waals surface area (Å²) >= 11 is -5.38. The van der Waals surface area contributed by atoms with E-state index in [-0.39, 0.29) is 24.4 Å². The minimum atomic E-state index is -5.38. The summed E-state index contributed by atoms with van der Waals surface area (Å²) in [6.45, 7) is 0. The van der Waals surface area contributed by atoms with Crippen molar-refractivity contribution in [3.63, 3.8) is 0 Å². The predicted molar refractivity (Wildman–Crippen MR) is 14.2 cm³/mol. The van der Waals surface area contributed by atoms with E-state index in [1.807, 2.05) is 0 Å². The van der Waals surface area contributed by atoms with Crippen molar-refractivity contribution in [3.8, 4) is 0 Å². The molecule has 0 aliphatic rings. The Morgan fingerprint density at radius 1 is 1.17 bits per heavy atom. The van der Waals surface area contributed by atoms with Crippen molar-refractivity contribution in [3.05, 3.63) is 0 Å². The van der Waals surface area contributed by atoms with Crippen LogP contribution >= 0.6 is 0 Å². The maximum absolute atomic E-state index is 8.69. The van der Waals surface area contributed by atoms with Crippen LogP contribution in [-0.4, -0.2) is 28.6 Å². The third kappa shape index (κ3) is 132. The average Bonchev–Trinajstić information content (AvgIpc) is 0.722. The van der Waals surface area contributed by atoms with E-state index >= 15 is 0 Å². The van der Waals surface area contributed by atoms with Gasteiger partial charge in [-0.25, -0.2) is 0 Å². The van der Waals surface area contributed by atoms with Gasteiger partial charge in [0.05, 0.1) is 0 Å². The molecule has 0 unspecified atom stereocenters. The Labute approximate surface area is 53.1 Å². The predicted octanol–water partition coefficient (Wildman–Crippen LogP) is -2.10. The molecule has 0 aromatic heterocycles. The van der Waals surface area contributed by atoms with E-state index < -0.39 is 13.0 Å². The minimum absolute atomic E-state index is 0. The summed E-state index contributed by atoms with van der Waals surface area (Å²) in [6.07, 6.45) is 0. The van der Waals surface area contributed by atoms with Crippen LogP contribution in [-0.2, 0) is 24.5 Å². The van der Waals surface area contributed by atoms with Crippen LogP contribution in [0.25, 0.3) is 0 Å². The van der Waals surface area contributed by atoms with Gasteiger partial charge in [0, 0.05) is 0 Å². The number of hydrogen-bond donors (Lipinski definition) is 1. The van der Waals surface area contributed by atoms with Gasteiger partial charge in [0.2, 0.25) is 0 Å². The first kappa shape index (κ1) is 9.85. The van der Waals surface area contributed by atoms with E-state index in [0.717, 1.165) is 0 Å². The molecule has 0 aliphatic carbocycles.